The minimum atomic E-state index is 1.01. The molecule has 2 nitrogen and oxygen atoms in total. The fourth-order valence-corrected chi connectivity index (χ4v) is 2.57. The molecule has 0 atom stereocenters. The third-order valence-corrected chi connectivity index (χ3v) is 3.46. The molecule has 0 unspecified atom stereocenters. The normalized spacial score (nSPS) is 11.2. The summed E-state index contributed by atoms with van der Waals surface area (Å²) < 4.78 is 0. The van der Waals surface area contributed by atoms with E-state index in [1.54, 1.807) is 0 Å². The number of aromatic amines is 1. The molecule has 4 aromatic rings. The first-order chi connectivity index (χ1) is 9.43. The maximum absolute atomic E-state index is 4.81. The van der Waals surface area contributed by atoms with E-state index in [0.29, 0.717) is 0 Å². The van der Waals surface area contributed by atoms with E-state index in [1.807, 2.05) is 30.5 Å². The van der Waals surface area contributed by atoms with Gasteiger partial charge in [-0.3, -0.25) is 0 Å². The monoisotopic (exact) mass is 244 g/mol. The molecule has 0 fully saturated rings. The van der Waals surface area contributed by atoms with Gasteiger partial charge < -0.3 is 4.98 Å². The number of fused-ring (bicyclic) bond motifs is 3. The molecule has 90 valence electrons. The smallest absolute Gasteiger partial charge is 0.0950 e. The molecule has 0 radical (unpaired) electrons. The van der Waals surface area contributed by atoms with Crippen LogP contribution in [0.1, 0.15) is 0 Å². The van der Waals surface area contributed by atoms with Crippen LogP contribution in [-0.4, -0.2) is 9.97 Å². The van der Waals surface area contributed by atoms with Gasteiger partial charge in [-0.05, 0) is 12.1 Å². The zero-order valence-electron chi connectivity index (χ0n) is 10.3. The highest BCUT2D eigenvalue weighted by atomic mass is 14.8. The van der Waals surface area contributed by atoms with Crippen molar-refractivity contribution in [2.75, 3.05) is 0 Å². The topological polar surface area (TPSA) is 28.7 Å². The van der Waals surface area contributed by atoms with E-state index in [0.717, 1.165) is 22.3 Å². The number of aromatic nitrogens is 2. The molecule has 4 rings (SSSR count). The van der Waals surface area contributed by atoms with Gasteiger partial charge in [-0.2, -0.15) is 0 Å². The Bertz CT molecular complexity index is 860. The van der Waals surface area contributed by atoms with Gasteiger partial charge in [0.2, 0.25) is 0 Å². The van der Waals surface area contributed by atoms with Crippen molar-refractivity contribution in [3.05, 3.63) is 66.9 Å². The first-order valence-corrected chi connectivity index (χ1v) is 6.35. The van der Waals surface area contributed by atoms with Gasteiger partial charge in [0.25, 0.3) is 0 Å². The van der Waals surface area contributed by atoms with E-state index in [1.165, 1.54) is 10.8 Å². The first kappa shape index (κ1) is 10.3. The summed E-state index contributed by atoms with van der Waals surface area (Å²) in [5.74, 6) is 0. The van der Waals surface area contributed by atoms with Crippen LogP contribution in [0.4, 0.5) is 0 Å². The van der Waals surface area contributed by atoms with Crippen molar-refractivity contribution in [3.8, 4) is 11.3 Å². The number of H-pyrrole nitrogens is 1. The minimum absolute atomic E-state index is 1.01. The fraction of sp³-hybridized carbons (Fsp3) is 0. The molecule has 0 aliphatic carbocycles. The summed E-state index contributed by atoms with van der Waals surface area (Å²) in [7, 11) is 0. The Labute approximate surface area is 110 Å². The molecule has 0 aliphatic rings. The molecule has 0 saturated carbocycles. The molecule has 2 heterocycles. The standard InChI is InChI=1S/C17H12N2/c1-2-6-12(7-3-1)16-17-14(10-11-18-17)13-8-4-5-9-15(13)19-16/h1-11,18H. The van der Waals surface area contributed by atoms with Crippen LogP contribution in [0.2, 0.25) is 0 Å². The molecule has 0 spiro atoms. The van der Waals surface area contributed by atoms with Crippen LogP contribution in [0.3, 0.4) is 0 Å². The minimum Gasteiger partial charge on any atom is -0.359 e. The number of rotatable bonds is 1. The van der Waals surface area contributed by atoms with Crippen molar-refractivity contribution in [1.29, 1.82) is 0 Å². The molecular weight excluding hydrogens is 232 g/mol. The van der Waals surface area contributed by atoms with Gasteiger partial charge in [-0.25, -0.2) is 4.98 Å². The molecule has 2 aromatic carbocycles. The van der Waals surface area contributed by atoms with Gasteiger partial charge in [0, 0.05) is 22.5 Å². The van der Waals surface area contributed by atoms with E-state index >= 15 is 0 Å². The molecule has 19 heavy (non-hydrogen) atoms. The number of nitrogens with one attached hydrogen (secondary N) is 1. The molecule has 0 saturated heterocycles. The maximum atomic E-state index is 4.81. The lowest BCUT2D eigenvalue weighted by molar-refractivity contribution is 1.39. The van der Waals surface area contributed by atoms with Crippen LogP contribution in [0.15, 0.2) is 66.9 Å². The third kappa shape index (κ3) is 1.54. The van der Waals surface area contributed by atoms with Gasteiger partial charge in [-0.15, -0.1) is 0 Å². The van der Waals surface area contributed by atoms with Gasteiger partial charge in [-0.1, -0.05) is 48.5 Å². The van der Waals surface area contributed by atoms with Gasteiger partial charge >= 0.3 is 0 Å². The second-order valence-electron chi connectivity index (χ2n) is 4.61. The Morgan fingerprint density at radius 3 is 2.42 bits per heavy atom. The number of hydrogen-bond acceptors (Lipinski definition) is 1. The predicted octanol–water partition coefficient (Wildman–Crippen LogP) is 4.38. The van der Waals surface area contributed by atoms with Gasteiger partial charge in [0.15, 0.2) is 0 Å². The number of pyridine rings is 1. The Morgan fingerprint density at radius 1 is 0.737 bits per heavy atom. The summed E-state index contributed by atoms with van der Waals surface area (Å²) >= 11 is 0. The van der Waals surface area contributed by atoms with Gasteiger partial charge in [0.1, 0.15) is 0 Å². The number of para-hydroxylation sites is 1. The molecule has 2 aromatic heterocycles. The lowest BCUT2D eigenvalue weighted by atomic mass is 10.1. The van der Waals surface area contributed by atoms with E-state index < -0.39 is 0 Å². The van der Waals surface area contributed by atoms with Crippen LogP contribution >= 0.6 is 0 Å². The summed E-state index contributed by atoms with van der Waals surface area (Å²) in [6.07, 6.45) is 1.98. The number of hydrogen-bond donors (Lipinski definition) is 1. The zero-order chi connectivity index (χ0) is 12.7. The van der Waals surface area contributed by atoms with Crippen molar-refractivity contribution in [3.63, 3.8) is 0 Å². The summed E-state index contributed by atoms with van der Waals surface area (Å²) in [5, 5.41) is 2.42. The van der Waals surface area contributed by atoms with E-state index in [2.05, 4.69) is 41.4 Å². The Hall–Kier alpha value is -2.61. The average molecular weight is 244 g/mol. The zero-order valence-corrected chi connectivity index (χ0v) is 10.3. The van der Waals surface area contributed by atoms with Crippen LogP contribution in [0.25, 0.3) is 33.1 Å². The second kappa shape index (κ2) is 3.95. The molecule has 1 N–H and O–H groups in total. The lowest BCUT2D eigenvalue weighted by Gasteiger charge is -2.06. The maximum Gasteiger partial charge on any atom is 0.0950 e. The third-order valence-electron chi connectivity index (χ3n) is 3.46. The molecule has 0 amide bonds. The van der Waals surface area contributed by atoms with Crippen molar-refractivity contribution < 1.29 is 0 Å². The Morgan fingerprint density at radius 2 is 1.53 bits per heavy atom. The second-order valence-corrected chi connectivity index (χ2v) is 4.61. The van der Waals surface area contributed by atoms with Crippen LogP contribution in [0, 0.1) is 0 Å². The predicted molar refractivity (Wildman–Crippen MR) is 79.0 cm³/mol. The molecular formula is C17H12N2. The highest BCUT2D eigenvalue weighted by Crippen LogP contribution is 2.31. The van der Waals surface area contributed by atoms with Gasteiger partial charge in [0.05, 0.1) is 16.7 Å². The first-order valence-electron chi connectivity index (χ1n) is 6.35. The van der Waals surface area contributed by atoms with E-state index in [-0.39, 0.29) is 0 Å². The van der Waals surface area contributed by atoms with E-state index in [9.17, 15) is 0 Å². The largest absolute Gasteiger partial charge is 0.359 e. The van der Waals surface area contributed by atoms with Crippen molar-refractivity contribution >= 4 is 21.8 Å². The number of nitrogens with zero attached hydrogens (tertiary/aromatic N) is 1. The van der Waals surface area contributed by atoms with E-state index in [4.69, 9.17) is 4.98 Å². The average Bonchev–Trinajstić information content (AvgIpc) is 2.97. The summed E-state index contributed by atoms with van der Waals surface area (Å²) in [6, 6.07) is 20.7. The van der Waals surface area contributed by atoms with Crippen LogP contribution in [0.5, 0.6) is 0 Å². The highest BCUT2D eigenvalue weighted by molar-refractivity contribution is 6.09. The van der Waals surface area contributed by atoms with Crippen molar-refractivity contribution in [2.24, 2.45) is 0 Å². The summed E-state index contributed by atoms with van der Waals surface area (Å²) in [4.78, 5) is 8.13. The van der Waals surface area contributed by atoms with Crippen molar-refractivity contribution in [2.45, 2.75) is 0 Å². The molecule has 2 heteroatoms. The highest BCUT2D eigenvalue weighted by Gasteiger charge is 2.10. The Kier molecular flexibility index (Phi) is 2.15. The quantitative estimate of drug-likeness (QED) is 0.528. The number of benzene rings is 2. The lowest BCUT2D eigenvalue weighted by Crippen LogP contribution is -1.88. The Balaban J connectivity index is 2.17. The summed E-state index contributed by atoms with van der Waals surface area (Å²) in [5.41, 5.74) is 4.29. The molecule has 0 aliphatic heterocycles. The van der Waals surface area contributed by atoms with Crippen LogP contribution in [-0.2, 0) is 0 Å². The van der Waals surface area contributed by atoms with Crippen LogP contribution < -0.4 is 0 Å². The van der Waals surface area contributed by atoms with Crippen molar-refractivity contribution in [1.82, 2.24) is 9.97 Å². The SMILES string of the molecule is c1ccc(-c2nc3ccccc3c3cc[nH]c23)cc1. The molecule has 0 bridgehead atoms. The summed E-state index contributed by atoms with van der Waals surface area (Å²) in [6.45, 7) is 0. The fourth-order valence-electron chi connectivity index (χ4n) is 2.57.